The Morgan fingerprint density at radius 3 is 2.50 bits per heavy atom. The molecule has 2 heterocycles. The van der Waals surface area contributed by atoms with Gasteiger partial charge in [0.15, 0.2) is 0 Å². The molecular formula is C16H23N3O. The highest BCUT2D eigenvalue weighted by molar-refractivity contribution is 5.39. The standard InChI is InChI=1S/C16H23N3O/c20-14-11-13(17-15(18-14)12-3-4-12)19-9-7-16(8-10-19)5-1-2-6-16/h11-12H,1-10H2,(H,17,18,20). The van der Waals surface area contributed by atoms with Crippen LogP contribution in [0.3, 0.4) is 0 Å². The SMILES string of the molecule is O=c1cc(N2CCC3(CCCC3)CC2)nc(C2CC2)[nH]1. The fourth-order valence-corrected chi connectivity index (χ4v) is 4.01. The minimum Gasteiger partial charge on any atom is -0.356 e. The van der Waals surface area contributed by atoms with Crippen molar-refractivity contribution in [1.82, 2.24) is 9.97 Å². The summed E-state index contributed by atoms with van der Waals surface area (Å²) >= 11 is 0. The Morgan fingerprint density at radius 1 is 1.15 bits per heavy atom. The second kappa shape index (κ2) is 4.61. The molecule has 1 aliphatic heterocycles. The molecule has 0 unspecified atom stereocenters. The van der Waals surface area contributed by atoms with Gasteiger partial charge in [0.1, 0.15) is 11.6 Å². The maximum Gasteiger partial charge on any atom is 0.252 e. The van der Waals surface area contributed by atoms with Gasteiger partial charge in [0.25, 0.3) is 5.56 Å². The number of aromatic nitrogens is 2. The first-order valence-electron chi connectivity index (χ1n) is 8.10. The van der Waals surface area contributed by atoms with E-state index in [0.717, 1.165) is 24.7 Å². The van der Waals surface area contributed by atoms with Gasteiger partial charge in [-0.3, -0.25) is 4.79 Å². The van der Waals surface area contributed by atoms with E-state index in [1.54, 1.807) is 6.07 Å². The summed E-state index contributed by atoms with van der Waals surface area (Å²) in [6, 6.07) is 1.68. The number of hydrogen-bond acceptors (Lipinski definition) is 3. The van der Waals surface area contributed by atoms with E-state index < -0.39 is 0 Å². The third-order valence-electron chi connectivity index (χ3n) is 5.52. The summed E-state index contributed by atoms with van der Waals surface area (Å²) in [4.78, 5) is 21.7. The molecule has 1 aromatic heterocycles. The number of nitrogens with zero attached hydrogens (tertiary/aromatic N) is 2. The maximum atomic E-state index is 11.8. The van der Waals surface area contributed by atoms with Crippen LogP contribution in [0.25, 0.3) is 0 Å². The third kappa shape index (κ3) is 2.25. The Kier molecular flexibility index (Phi) is 2.86. The van der Waals surface area contributed by atoms with Gasteiger partial charge in [-0.15, -0.1) is 0 Å². The average molecular weight is 273 g/mol. The second-order valence-corrected chi connectivity index (χ2v) is 6.96. The van der Waals surface area contributed by atoms with Crippen LogP contribution in [-0.4, -0.2) is 23.1 Å². The van der Waals surface area contributed by atoms with Gasteiger partial charge in [0.2, 0.25) is 0 Å². The van der Waals surface area contributed by atoms with Gasteiger partial charge in [-0.1, -0.05) is 12.8 Å². The minimum atomic E-state index is 0.0121. The number of nitrogens with one attached hydrogen (secondary N) is 1. The van der Waals surface area contributed by atoms with Gasteiger partial charge in [0.05, 0.1) is 0 Å². The molecule has 0 aromatic carbocycles. The van der Waals surface area contributed by atoms with Crippen LogP contribution >= 0.6 is 0 Å². The monoisotopic (exact) mass is 273 g/mol. The van der Waals surface area contributed by atoms with Crippen molar-refractivity contribution in [3.63, 3.8) is 0 Å². The van der Waals surface area contributed by atoms with Crippen molar-refractivity contribution >= 4 is 5.82 Å². The van der Waals surface area contributed by atoms with Gasteiger partial charge < -0.3 is 9.88 Å². The molecule has 4 nitrogen and oxygen atoms in total. The normalized spacial score (nSPS) is 25.3. The molecule has 0 amide bonds. The minimum absolute atomic E-state index is 0.0121. The molecule has 4 heteroatoms. The first-order chi connectivity index (χ1) is 9.74. The second-order valence-electron chi connectivity index (χ2n) is 6.96. The van der Waals surface area contributed by atoms with Crippen molar-refractivity contribution in [2.45, 2.75) is 57.3 Å². The van der Waals surface area contributed by atoms with Crippen molar-refractivity contribution in [2.24, 2.45) is 5.41 Å². The van der Waals surface area contributed by atoms with E-state index in [1.165, 1.54) is 51.4 Å². The number of H-pyrrole nitrogens is 1. The van der Waals surface area contributed by atoms with Crippen molar-refractivity contribution in [2.75, 3.05) is 18.0 Å². The van der Waals surface area contributed by atoms with Crippen molar-refractivity contribution in [3.8, 4) is 0 Å². The molecule has 1 saturated heterocycles. The third-order valence-corrected chi connectivity index (χ3v) is 5.52. The van der Waals surface area contributed by atoms with E-state index in [9.17, 15) is 4.79 Å². The molecule has 3 fully saturated rings. The summed E-state index contributed by atoms with van der Waals surface area (Å²) in [6.45, 7) is 2.14. The van der Waals surface area contributed by atoms with Crippen LogP contribution in [0.2, 0.25) is 0 Å². The van der Waals surface area contributed by atoms with E-state index in [1.807, 2.05) is 0 Å². The van der Waals surface area contributed by atoms with Crippen LogP contribution in [0.15, 0.2) is 10.9 Å². The summed E-state index contributed by atoms with van der Waals surface area (Å²) in [5.74, 6) is 2.32. The Balaban J connectivity index is 1.52. The summed E-state index contributed by atoms with van der Waals surface area (Å²) < 4.78 is 0. The average Bonchev–Trinajstić information content (AvgIpc) is 3.22. The Labute approximate surface area is 119 Å². The molecule has 1 N–H and O–H groups in total. The first-order valence-corrected chi connectivity index (χ1v) is 8.10. The quantitative estimate of drug-likeness (QED) is 0.901. The van der Waals surface area contributed by atoms with E-state index in [2.05, 4.69) is 9.88 Å². The van der Waals surface area contributed by atoms with Crippen LogP contribution in [0, 0.1) is 5.41 Å². The highest BCUT2D eigenvalue weighted by atomic mass is 16.1. The predicted molar refractivity (Wildman–Crippen MR) is 79.2 cm³/mol. The maximum absolute atomic E-state index is 11.8. The molecule has 108 valence electrons. The first kappa shape index (κ1) is 12.4. The highest BCUT2D eigenvalue weighted by Gasteiger charge is 2.37. The van der Waals surface area contributed by atoms with Gasteiger partial charge in [0, 0.05) is 25.1 Å². The molecule has 20 heavy (non-hydrogen) atoms. The molecule has 1 spiro atoms. The summed E-state index contributed by atoms with van der Waals surface area (Å²) in [7, 11) is 0. The number of piperidine rings is 1. The molecule has 3 aliphatic rings. The number of rotatable bonds is 2. The molecule has 1 aromatic rings. The summed E-state index contributed by atoms with van der Waals surface area (Å²) in [5.41, 5.74) is 0.634. The van der Waals surface area contributed by atoms with E-state index in [0.29, 0.717) is 11.3 Å². The smallest absolute Gasteiger partial charge is 0.252 e. The summed E-state index contributed by atoms with van der Waals surface area (Å²) in [6.07, 6.45) is 10.6. The molecule has 2 saturated carbocycles. The Bertz CT molecular complexity index is 545. The molecular weight excluding hydrogens is 250 g/mol. The molecule has 0 radical (unpaired) electrons. The zero-order valence-corrected chi connectivity index (χ0v) is 12.0. The van der Waals surface area contributed by atoms with E-state index in [4.69, 9.17) is 4.98 Å². The van der Waals surface area contributed by atoms with Crippen molar-refractivity contribution in [3.05, 3.63) is 22.2 Å². The molecule has 4 rings (SSSR count). The fraction of sp³-hybridized carbons (Fsp3) is 0.750. The van der Waals surface area contributed by atoms with E-state index >= 15 is 0 Å². The van der Waals surface area contributed by atoms with Crippen molar-refractivity contribution < 1.29 is 0 Å². The van der Waals surface area contributed by atoms with Gasteiger partial charge in [-0.05, 0) is 43.9 Å². The Morgan fingerprint density at radius 2 is 1.85 bits per heavy atom. The number of anilines is 1. The predicted octanol–water partition coefficient (Wildman–Crippen LogP) is 2.81. The van der Waals surface area contributed by atoms with Gasteiger partial charge in [-0.25, -0.2) is 4.98 Å². The largest absolute Gasteiger partial charge is 0.356 e. The highest BCUT2D eigenvalue weighted by Crippen LogP contribution is 2.46. The van der Waals surface area contributed by atoms with Crippen LogP contribution in [0.5, 0.6) is 0 Å². The van der Waals surface area contributed by atoms with Crippen LogP contribution in [0.4, 0.5) is 5.82 Å². The number of hydrogen-bond donors (Lipinski definition) is 1. The zero-order valence-electron chi connectivity index (χ0n) is 12.0. The summed E-state index contributed by atoms with van der Waals surface area (Å²) in [5, 5.41) is 0. The van der Waals surface area contributed by atoms with Crippen LogP contribution in [0.1, 0.15) is 63.1 Å². The lowest BCUT2D eigenvalue weighted by molar-refractivity contribution is 0.226. The van der Waals surface area contributed by atoms with E-state index in [-0.39, 0.29) is 5.56 Å². The van der Waals surface area contributed by atoms with Crippen LogP contribution in [-0.2, 0) is 0 Å². The topological polar surface area (TPSA) is 49.0 Å². The molecule has 0 bridgehead atoms. The lowest BCUT2D eigenvalue weighted by Crippen LogP contribution is -2.39. The number of aromatic amines is 1. The van der Waals surface area contributed by atoms with Crippen LogP contribution < -0.4 is 10.5 Å². The lowest BCUT2D eigenvalue weighted by atomic mass is 9.77. The van der Waals surface area contributed by atoms with Crippen molar-refractivity contribution in [1.29, 1.82) is 0 Å². The fourth-order valence-electron chi connectivity index (χ4n) is 4.01. The Hall–Kier alpha value is -1.32. The van der Waals surface area contributed by atoms with Gasteiger partial charge >= 0.3 is 0 Å². The molecule has 2 aliphatic carbocycles. The van der Waals surface area contributed by atoms with Gasteiger partial charge in [-0.2, -0.15) is 0 Å². The zero-order chi connectivity index (χ0) is 13.6. The molecule has 0 atom stereocenters. The lowest BCUT2D eigenvalue weighted by Gasteiger charge is -2.39.